The van der Waals surface area contributed by atoms with Crippen LogP contribution in [0.3, 0.4) is 0 Å². The second-order valence-corrected chi connectivity index (χ2v) is 5.13. The maximum atomic E-state index is 13.0. The number of hydrogen-bond donors (Lipinski definition) is 2. The van der Waals surface area contributed by atoms with Crippen molar-refractivity contribution in [3.05, 3.63) is 34.6 Å². The van der Waals surface area contributed by atoms with Gasteiger partial charge in [0.15, 0.2) is 0 Å². The monoisotopic (exact) mass is 274 g/mol. The third-order valence-corrected chi connectivity index (χ3v) is 2.97. The van der Waals surface area contributed by atoms with Crippen molar-refractivity contribution in [3.8, 4) is 0 Å². The Bertz CT molecular complexity index is 387. The van der Waals surface area contributed by atoms with Gasteiger partial charge in [0.2, 0.25) is 0 Å². The molecule has 0 aliphatic carbocycles. The van der Waals surface area contributed by atoms with Gasteiger partial charge in [-0.05, 0) is 38.7 Å². The Kier molecular flexibility index (Phi) is 6.02. The van der Waals surface area contributed by atoms with Gasteiger partial charge < -0.3 is 15.3 Å². The van der Waals surface area contributed by atoms with Gasteiger partial charge in [-0.15, -0.1) is 0 Å². The predicted octanol–water partition coefficient (Wildman–Crippen LogP) is 2.05. The molecule has 2 unspecified atom stereocenters. The Balaban J connectivity index is 2.49. The molecule has 0 fully saturated rings. The molecule has 0 saturated heterocycles. The van der Waals surface area contributed by atoms with Crippen molar-refractivity contribution in [3.63, 3.8) is 0 Å². The minimum absolute atomic E-state index is 0.0138. The van der Waals surface area contributed by atoms with Crippen molar-refractivity contribution in [2.75, 3.05) is 27.2 Å². The molecule has 102 valence electrons. The number of halogens is 2. The van der Waals surface area contributed by atoms with Gasteiger partial charge in [0.05, 0.1) is 11.1 Å². The van der Waals surface area contributed by atoms with Crippen LogP contribution >= 0.6 is 11.6 Å². The summed E-state index contributed by atoms with van der Waals surface area (Å²) in [5.41, 5.74) is 0.901. The van der Waals surface area contributed by atoms with E-state index in [1.807, 2.05) is 25.9 Å². The normalized spacial score (nSPS) is 14.8. The molecule has 0 bridgehead atoms. The van der Waals surface area contributed by atoms with Crippen LogP contribution in [0.5, 0.6) is 0 Å². The zero-order valence-electron chi connectivity index (χ0n) is 11.0. The molecule has 0 spiro atoms. The zero-order valence-corrected chi connectivity index (χ0v) is 11.7. The van der Waals surface area contributed by atoms with Crippen molar-refractivity contribution >= 4 is 11.6 Å². The lowest BCUT2D eigenvalue weighted by atomic mass is 10.1. The number of aliphatic hydroxyl groups excluding tert-OH is 1. The Morgan fingerprint density at radius 3 is 2.67 bits per heavy atom. The van der Waals surface area contributed by atoms with Gasteiger partial charge in [-0.25, -0.2) is 4.39 Å². The number of rotatable bonds is 6. The molecule has 3 nitrogen and oxygen atoms in total. The van der Waals surface area contributed by atoms with Gasteiger partial charge in [-0.2, -0.15) is 0 Å². The number of aliphatic hydroxyl groups is 1. The average Bonchev–Trinajstić information content (AvgIpc) is 2.28. The molecule has 0 aromatic heterocycles. The maximum Gasteiger partial charge on any atom is 0.141 e. The molecule has 0 saturated carbocycles. The first-order valence-electron chi connectivity index (χ1n) is 5.91. The summed E-state index contributed by atoms with van der Waals surface area (Å²) in [5, 5.41) is 13.0. The Morgan fingerprint density at radius 1 is 1.44 bits per heavy atom. The summed E-state index contributed by atoms with van der Waals surface area (Å²) in [4.78, 5) is 1.92. The van der Waals surface area contributed by atoms with Crippen LogP contribution in [0.2, 0.25) is 5.02 Å². The molecule has 2 N–H and O–H groups in total. The highest BCUT2D eigenvalue weighted by Gasteiger charge is 2.11. The Hall–Kier alpha value is -0.680. The van der Waals surface area contributed by atoms with E-state index in [1.165, 1.54) is 6.07 Å². The van der Waals surface area contributed by atoms with Crippen LogP contribution in [0.1, 0.15) is 18.5 Å². The van der Waals surface area contributed by atoms with Crippen molar-refractivity contribution in [1.82, 2.24) is 10.2 Å². The van der Waals surface area contributed by atoms with E-state index in [2.05, 4.69) is 5.32 Å². The van der Waals surface area contributed by atoms with Crippen LogP contribution in [-0.4, -0.2) is 43.3 Å². The fourth-order valence-electron chi connectivity index (χ4n) is 1.70. The summed E-state index contributed by atoms with van der Waals surface area (Å²) in [5.74, 6) is -0.416. The predicted molar refractivity (Wildman–Crippen MR) is 72.4 cm³/mol. The number of benzene rings is 1. The largest absolute Gasteiger partial charge is 0.390 e. The van der Waals surface area contributed by atoms with Crippen LogP contribution in [0, 0.1) is 5.82 Å². The van der Waals surface area contributed by atoms with Gasteiger partial charge in [0, 0.05) is 19.1 Å². The molecule has 0 amide bonds. The summed E-state index contributed by atoms with van der Waals surface area (Å²) >= 11 is 5.73. The molecule has 18 heavy (non-hydrogen) atoms. The van der Waals surface area contributed by atoms with Crippen LogP contribution in [0.25, 0.3) is 0 Å². The summed E-state index contributed by atoms with van der Waals surface area (Å²) < 4.78 is 13.0. The minimum atomic E-state index is -0.432. The van der Waals surface area contributed by atoms with Gasteiger partial charge >= 0.3 is 0 Å². The van der Waals surface area contributed by atoms with Crippen molar-refractivity contribution in [2.45, 2.75) is 19.1 Å². The van der Waals surface area contributed by atoms with Crippen molar-refractivity contribution < 1.29 is 9.50 Å². The number of nitrogens with one attached hydrogen (secondary N) is 1. The second kappa shape index (κ2) is 7.04. The molecule has 0 aliphatic rings. The van der Waals surface area contributed by atoms with Gasteiger partial charge in [-0.3, -0.25) is 0 Å². The van der Waals surface area contributed by atoms with Gasteiger partial charge in [-0.1, -0.05) is 17.7 Å². The Labute approximate surface area is 113 Å². The molecule has 1 aromatic rings. The summed E-state index contributed by atoms with van der Waals surface area (Å²) in [7, 11) is 3.82. The molecular weight excluding hydrogens is 255 g/mol. The van der Waals surface area contributed by atoms with Gasteiger partial charge in [0.1, 0.15) is 5.82 Å². The molecule has 5 heteroatoms. The lowest BCUT2D eigenvalue weighted by Crippen LogP contribution is -2.36. The SMILES string of the molecule is CC(NCC(O)CN(C)C)c1ccc(F)c(Cl)c1. The van der Waals surface area contributed by atoms with E-state index in [0.29, 0.717) is 13.1 Å². The maximum absolute atomic E-state index is 13.0. The lowest BCUT2D eigenvalue weighted by Gasteiger charge is -2.20. The summed E-state index contributed by atoms with van der Waals surface area (Å²) in [6.45, 7) is 3.03. The summed E-state index contributed by atoms with van der Waals surface area (Å²) in [6.07, 6.45) is -0.432. The number of nitrogens with zero attached hydrogens (tertiary/aromatic N) is 1. The lowest BCUT2D eigenvalue weighted by molar-refractivity contribution is 0.132. The van der Waals surface area contributed by atoms with Crippen LogP contribution < -0.4 is 5.32 Å². The van der Waals surface area contributed by atoms with Crippen molar-refractivity contribution in [1.29, 1.82) is 0 Å². The minimum Gasteiger partial charge on any atom is -0.390 e. The highest BCUT2D eigenvalue weighted by Crippen LogP contribution is 2.20. The third kappa shape index (κ3) is 4.90. The van der Waals surface area contributed by atoms with E-state index in [-0.39, 0.29) is 11.1 Å². The molecular formula is C13H20ClFN2O. The fraction of sp³-hybridized carbons (Fsp3) is 0.538. The molecule has 0 aliphatic heterocycles. The first kappa shape index (κ1) is 15.4. The quantitative estimate of drug-likeness (QED) is 0.833. The summed E-state index contributed by atoms with van der Waals surface area (Å²) in [6, 6.07) is 4.66. The average molecular weight is 275 g/mol. The van der Waals surface area contributed by atoms with E-state index in [4.69, 9.17) is 11.6 Å². The van der Waals surface area contributed by atoms with E-state index in [0.717, 1.165) is 5.56 Å². The highest BCUT2D eigenvalue weighted by molar-refractivity contribution is 6.30. The molecule has 0 radical (unpaired) electrons. The Morgan fingerprint density at radius 2 is 2.11 bits per heavy atom. The second-order valence-electron chi connectivity index (χ2n) is 4.72. The van der Waals surface area contributed by atoms with E-state index in [9.17, 15) is 9.50 Å². The first-order chi connectivity index (χ1) is 8.40. The number of likely N-dealkylation sites (N-methyl/N-ethyl adjacent to an activating group) is 1. The zero-order chi connectivity index (χ0) is 13.7. The third-order valence-electron chi connectivity index (χ3n) is 2.68. The highest BCUT2D eigenvalue weighted by atomic mass is 35.5. The molecule has 1 rings (SSSR count). The topological polar surface area (TPSA) is 35.5 Å². The molecule has 0 heterocycles. The van der Waals surface area contributed by atoms with E-state index in [1.54, 1.807) is 12.1 Å². The fourth-order valence-corrected chi connectivity index (χ4v) is 1.89. The smallest absolute Gasteiger partial charge is 0.141 e. The van der Waals surface area contributed by atoms with Crippen molar-refractivity contribution in [2.24, 2.45) is 0 Å². The first-order valence-corrected chi connectivity index (χ1v) is 6.29. The van der Waals surface area contributed by atoms with Gasteiger partial charge in [0.25, 0.3) is 0 Å². The molecule has 2 atom stereocenters. The number of hydrogen-bond acceptors (Lipinski definition) is 3. The van der Waals surface area contributed by atoms with Crippen LogP contribution in [0.15, 0.2) is 18.2 Å². The van der Waals surface area contributed by atoms with Crippen LogP contribution in [-0.2, 0) is 0 Å². The molecule has 1 aromatic carbocycles. The standard InChI is InChI=1S/C13H20ClFN2O/c1-9(16-7-11(18)8-17(2)3)10-4-5-13(15)12(14)6-10/h4-6,9,11,16,18H,7-8H2,1-3H3. The van der Waals surface area contributed by atoms with Crippen LogP contribution in [0.4, 0.5) is 4.39 Å². The van der Waals surface area contributed by atoms with E-state index < -0.39 is 11.9 Å². The van der Waals surface area contributed by atoms with E-state index >= 15 is 0 Å².